The van der Waals surface area contributed by atoms with Crippen molar-refractivity contribution in [2.75, 3.05) is 0 Å². The Bertz CT molecular complexity index is 174. The summed E-state index contributed by atoms with van der Waals surface area (Å²) >= 11 is 5.70. The molecule has 0 aliphatic carbocycles. The lowest BCUT2D eigenvalue weighted by Crippen LogP contribution is -1.74. The van der Waals surface area contributed by atoms with Gasteiger partial charge >= 0.3 is 0 Å². The Morgan fingerprint density at radius 3 is 1.30 bits per heavy atom. The average molecular weight is 268 g/mol. The lowest BCUT2D eigenvalue weighted by atomic mass is 10.3. The van der Waals surface area contributed by atoms with Crippen molar-refractivity contribution < 1.29 is 7.66 Å². The summed E-state index contributed by atoms with van der Waals surface area (Å²) in [5.74, 6) is 1.49. The predicted octanol–water partition coefficient (Wildman–Crippen LogP) is 3.06. The summed E-state index contributed by atoms with van der Waals surface area (Å²) in [5, 5.41) is 0. The number of hydrogen-bond donors (Lipinski definition) is 0. The molecule has 0 aliphatic rings. The molecule has 0 spiro atoms. The summed E-state index contributed by atoms with van der Waals surface area (Å²) in [7, 11) is 0. The van der Waals surface area contributed by atoms with Crippen LogP contribution in [0.15, 0.2) is 24.3 Å². The second-order valence-corrected chi connectivity index (χ2v) is 2.27. The van der Waals surface area contributed by atoms with Gasteiger partial charge in [0.2, 0.25) is 0 Å². The lowest BCUT2D eigenvalue weighted by Gasteiger charge is -1.96. The molecular weight excluding hydrogens is 264 g/mol. The van der Waals surface area contributed by atoms with E-state index in [0.29, 0.717) is 0 Å². The second kappa shape index (κ2) is 3.83. The highest BCUT2D eigenvalue weighted by Gasteiger charge is 1.92. The van der Waals surface area contributed by atoms with E-state index >= 15 is 0 Å². The summed E-state index contributed by atoms with van der Waals surface area (Å²) in [6.45, 7) is 0. The van der Waals surface area contributed by atoms with Gasteiger partial charge in [-0.25, -0.2) is 0 Å². The molecule has 0 aliphatic heterocycles. The van der Waals surface area contributed by atoms with Crippen molar-refractivity contribution in [2.24, 2.45) is 0 Å². The first kappa shape index (κ1) is 7.88. The van der Waals surface area contributed by atoms with Crippen molar-refractivity contribution in [3.8, 4) is 11.5 Å². The molecule has 0 saturated carbocycles. The first-order valence-electron chi connectivity index (χ1n) is 2.54. The molecule has 0 bridgehead atoms. The summed E-state index contributed by atoms with van der Waals surface area (Å²) in [5.41, 5.74) is 0. The molecular formula is C6H4Br2O2. The maximum Gasteiger partial charge on any atom is 0.179 e. The molecule has 0 unspecified atom stereocenters. The molecule has 0 radical (unpaired) electrons. The third kappa shape index (κ3) is 1.88. The SMILES string of the molecule is BrOc1ccc(OBr)cc1. The highest BCUT2D eigenvalue weighted by molar-refractivity contribution is 9.06. The van der Waals surface area contributed by atoms with E-state index in [-0.39, 0.29) is 0 Å². The van der Waals surface area contributed by atoms with Crippen LogP contribution in [-0.2, 0) is 0 Å². The topological polar surface area (TPSA) is 18.5 Å². The van der Waals surface area contributed by atoms with Crippen molar-refractivity contribution in [2.45, 2.75) is 0 Å². The maximum atomic E-state index is 4.76. The second-order valence-electron chi connectivity index (χ2n) is 1.63. The predicted molar refractivity (Wildman–Crippen MR) is 45.6 cm³/mol. The van der Waals surface area contributed by atoms with Gasteiger partial charge in [0, 0.05) is 0 Å². The molecule has 54 valence electrons. The van der Waals surface area contributed by atoms with Crippen molar-refractivity contribution >= 4 is 32.5 Å². The van der Waals surface area contributed by atoms with Gasteiger partial charge in [-0.15, -0.1) is 0 Å². The van der Waals surface area contributed by atoms with Crippen LogP contribution in [0.4, 0.5) is 0 Å². The van der Waals surface area contributed by atoms with Gasteiger partial charge in [-0.2, -0.15) is 0 Å². The molecule has 0 heterocycles. The summed E-state index contributed by atoms with van der Waals surface area (Å²) in [4.78, 5) is 0. The van der Waals surface area contributed by atoms with Gasteiger partial charge in [0.25, 0.3) is 0 Å². The Hall–Kier alpha value is -0.220. The molecule has 4 heteroatoms. The summed E-state index contributed by atoms with van der Waals surface area (Å²) in [6, 6.07) is 7.13. The molecule has 2 nitrogen and oxygen atoms in total. The van der Waals surface area contributed by atoms with Crippen molar-refractivity contribution in [1.82, 2.24) is 0 Å². The molecule has 1 aromatic rings. The molecule has 10 heavy (non-hydrogen) atoms. The number of rotatable bonds is 2. The zero-order valence-electron chi connectivity index (χ0n) is 4.88. The van der Waals surface area contributed by atoms with E-state index in [2.05, 4.69) is 32.5 Å². The van der Waals surface area contributed by atoms with E-state index in [4.69, 9.17) is 7.66 Å². The minimum atomic E-state index is 0.744. The quantitative estimate of drug-likeness (QED) is 0.820. The molecule has 0 saturated heterocycles. The maximum absolute atomic E-state index is 4.76. The molecule has 0 fully saturated rings. The van der Waals surface area contributed by atoms with E-state index in [0.717, 1.165) is 11.5 Å². The number of hydrogen-bond acceptors (Lipinski definition) is 2. The van der Waals surface area contributed by atoms with Gasteiger partial charge in [-0.3, -0.25) is 0 Å². The third-order valence-corrected chi connectivity index (χ3v) is 1.75. The number of benzene rings is 1. The Labute approximate surface area is 76.0 Å². The fourth-order valence-electron chi connectivity index (χ4n) is 0.543. The van der Waals surface area contributed by atoms with E-state index in [1.807, 2.05) is 0 Å². The van der Waals surface area contributed by atoms with Gasteiger partial charge in [0.15, 0.2) is 32.5 Å². The van der Waals surface area contributed by atoms with Gasteiger partial charge in [-0.1, -0.05) is 0 Å². The van der Waals surface area contributed by atoms with Crippen LogP contribution in [0.3, 0.4) is 0 Å². The van der Waals surface area contributed by atoms with Gasteiger partial charge < -0.3 is 7.66 Å². The Morgan fingerprint density at radius 1 is 0.800 bits per heavy atom. The van der Waals surface area contributed by atoms with Gasteiger partial charge in [0.05, 0.1) is 0 Å². The highest BCUT2D eigenvalue weighted by atomic mass is 79.9. The van der Waals surface area contributed by atoms with Crippen LogP contribution >= 0.6 is 32.5 Å². The summed E-state index contributed by atoms with van der Waals surface area (Å²) in [6.07, 6.45) is 0. The van der Waals surface area contributed by atoms with E-state index in [1.54, 1.807) is 24.3 Å². The third-order valence-electron chi connectivity index (χ3n) is 1.00. The monoisotopic (exact) mass is 266 g/mol. The molecule has 0 atom stereocenters. The summed E-state index contributed by atoms with van der Waals surface area (Å²) < 4.78 is 9.51. The van der Waals surface area contributed by atoms with E-state index in [9.17, 15) is 0 Å². The van der Waals surface area contributed by atoms with Crippen LogP contribution in [0.25, 0.3) is 0 Å². The minimum Gasteiger partial charge on any atom is -0.418 e. The fourth-order valence-corrected chi connectivity index (χ4v) is 0.974. The van der Waals surface area contributed by atoms with Crippen molar-refractivity contribution in [3.05, 3.63) is 24.3 Å². The Morgan fingerprint density at radius 2 is 1.10 bits per heavy atom. The van der Waals surface area contributed by atoms with Crippen molar-refractivity contribution in [1.29, 1.82) is 0 Å². The Balaban J connectivity index is 2.80. The smallest absolute Gasteiger partial charge is 0.179 e. The zero-order chi connectivity index (χ0) is 7.40. The van der Waals surface area contributed by atoms with Crippen LogP contribution in [-0.4, -0.2) is 0 Å². The lowest BCUT2D eigenvalue weighted by molar-refractivity contribution is 0.659. The Kier molecular flexibility index (Phi) is 3.02. The first-order chi connectivity index (χ1) is 4.86. The largest absolute Gasteiger partial charge is 0.418 e. The first-order valence-corrected chi connectivity index (χ1v) is 3.83. The highest BCUT2D eigenvalue weighted by Crippen LogP contribution is 2.19. The zero-order valence-corrected chi connectivity index (χ0v) is 8.05. The molecule has 1 aromatic carbocycles. The molecule has 0 amide bonds. The van der Waals surface area contributed by atoms with Gasteiger partial charge in [-0.05, 0) is 24.3 Å². The normalized spacial score (nSPS) is 9.00. The average Bonchev–Trinajstić information content (AvgIpc) is 2.05. The fraction of sp³-hybridized carbons (Fsp3) is 0. The number of halogens is 2. The van der Waals surface area contributed by atoms with Crippen molar-refractivity contribution in [3.63, 3.8) is 0 Å². The van der Waals surface area contributed by atoms with Crippen LogP contribution in [0, 0.1) is 0 Å². The molecule has 1 rings (SSSR count). The van der Waals surface area contributed by atoms with Crippen LogP contribution < -0.4 is 7.66 Å². The van der Waals surface area contributed by atoms with E-state index in [1.165, 1.54) is 0 Å². The van der Waals surface area contributed by atoms with Crippen LogP contribution in [0.5, 0.6) is 11.5 Å². The van der Waals surface area contributed by atoms with Gasteiger partial charge in [0.1, 0.15) is 11.5 Å². The standard InChI is InChI=1S/C6H4Br2O2/c7-9-5-1-2-6(10-8)4-3-5/h1-4H. The minimum absolute atomic E-state index is 0.744. The van der Waals surface area contributed by atoms with Crippen LogP contribution in [0.1, 0.15) is 0 Å². The molecule has 0 aromatic heterocycles. The van der Waals surface area contributed by atoms with Crippen LogP contribution in [0.2, 0.25) is 0 Å². The van der Waals surface area contributed by atoms with E-state index < -0.39 is 0 Å². The molecule has 0 N–H and O–H groups in total.